The molecule has 3 rings (SSSR count). The molecule has 1 unspecified atom stereocenters. The van der Waals surface area contributed by atoms with Gasteiger partial charge < -0.3 is 5.11 Å². The lowest BCUT2D eigenvalue weighted by atomic mass is 10.0. The number of halogens is 2. The molecular formula is C16H12BrFN2O. The summed E-state index contributed by atoms with van der Waals surface area (Å²) in [5.41, 5.74) is 1.65. The van der Waals surface area contributed by atoms with Crippen LogP contribution in [0.4, 0.5) is 4.39 Å². The van der Waals surface area contributed by atoms with Crippen molar-refractivity contribution in [1.29, 1.82) is 0 Å². The second-order valence-corrected chi connectivity index (χ2v) is 5.54. The third-order valence-electron chi connectivity index (χ3n) is 3.20. The molecule has 0 aliphatic carbocycles. The third kappa shape index (κ3) is 2.89. The maximum atomic E-state index is 13.9. The number of hydrogen-bond acceptors (Lipinski definition) is 2. The number of rotatable bonds is 3. The highest BCUT2D eigenvalue weighted by Crippen LogP contribution is 2.26. The smallest absolute Gasteiger partial charge is 0.130 e. The van der Waals surface area contributed by atoms with Gasteiger partial charge in [0.1, 0.15) is 11.9 Å². The highest BCUT2D eigenvalue weighted by molar-refractivity contribution is 9.10. The van der Waals surface area contributed by atoms with Gasteiger partial charge in [0, 0.05) is 21.8 Å². The van der Waals surface area contributed by atoms with E-state index in [0.717, 1.165) is 5.69 Å². The summed E-state index contributed by atoms with van der Waals surface area (Å²) in [5, 5.41) is 14.5. The third-order valence-corrected chi connectivity index (χ3v) is 3.69. The molecule has 21 heavy (non-hydrogen) atoms. The SMILES string of the molecule is OC(c1cnn(-c2ccccc2)c1)c1ccc(Br)cc1F. The highest BCUT2D eigenvalue weighted by atomic mass is 79.9. The Labute approximate surface area is 129 Å². The molecule has 0 bridgehead atoms. The predicted molar refractivity (Wildman–Crippen MR) is 81.7 cm³/mol. The molecule has 0 spiro atoms. The summed E-state index contributed by atoms with van der Waals surface area (Å²) in [7, 11) is 0. The summed E-state index contributed by atoms with van der Waals surface area (Å²) in [5.74, 6) is -0.454. The molecule has 0 radical (unpaired) electrons. The van der Waals surface area contributed by atoms with Gasteiger partial charge in [-0.3, -0.25) is 0 Å². The van der Waals surface area contributed by atoms with E-state index < -0.39 is 11.9 Å². The number of aromatic nitrogens is 2. The van der Waals surface area contributed by atoms with Gasteiger partial charge in [-0.15, -0.1) is 0 Å². The van der Waals surface area contributed by atoms with E-state index in [1.807, 2.05) is 30.3 Å². The van der Waals surface area contributed by atoms with Crippen molar-refractivity contribution in [1.82, 2.24) is 9.78 Å². The van der Waals surface area contributed by atoms with Crippen molar-refractivity contribution in [2.45, 2.75) is 6.10 Å². The van der Waals surface area contributed by atoms with Crippen molar-refractivity contribution in [2.75, 3.05) is 0 Å². The molecular weight excluding hydrogens is 335 g/mol. The Bertz CT molecular complexity index is 758. The van der Waals surface area contributed by atoms with Crippen molar-refractivity contribution in [2.24, 2.45) is 0 Å². The Balaban J connectivity index is 1.92. The van der Waals surface area contributed by atoms with Crippen LogP contribution in [0.15, 0.2) is 65.4 Å². The highest BCUT2D eigenvalue weighted by Gasteiger charge is 2.17. The zero-order valence-corrected chi connectivity index (χ0v) is 12.5. The molecule has 0 amide bonds. The normalized spacial score (nSPS) is 12.3. The summed E-state index contributed by atoms with van der Waals surface area (Å²) in [6.45, 7) is 0. The minimum absolute atomic E-state index is 0.228. The summed E-state index contributed by atoms with van der Waals surface area (Å²) in [6, 6.07) is 14.1. The first-order chi connectivity index (χ1) is 10.1. The van der Waals surface area contributed by atoms with E-state index in [1.165, 1.54) is 6.07 Å². The zero-order valence-electron chi connectivity index (χ0n) is 10.9. The Morgan fingerprint density at radius 3 is 2.62 bits per heavy atom. The number of nitrogens with zero attached hydrogens (tertiary/aromatic N) is 2. The zero-order chi connectivity index (χ0) is 14.8. The average molecular weight is 347 g/mol. The molecule has 3 nitrogen and oxygen atoms in total. The van der Waals surface area contributed by atoms with E-state index in [9.17, 15) is 9.50 Å². The molecule has 1 aromatic heterocycles. The maximum Gasteiger partial charge on any atom is 0.130 e. The number of hydrogen-bond donors (Lipinski definition) is 1. The lowest BCUT2D eigenvalue weighted by Gasteiger charge is -2.10. The molecule has 5 heteroatoms. The van der Waals surface area contributed by atoms with E-state index in [-0.39, 0.29) is 5.56 Å². The molecule has 1 heterocycles. The van der Waals surface area contributed by atoms with Crippen molar-refractivity contribution in [3.8, 4) is 5.69 Å². The van der Waals surface area contributed by atoms with Crippen LogP contribution >= 0.6 is 15.9 Å². The summed E-state index contributed by atoms with van der Waals surface area (Å²) < 4.78 is 16.2. The second-order valence-electron chi connectivity index (χ2n) is 4.62. The van der Waals surface area contributed by atoms with Crippen LogP contribution in [-0.2, 0) is 0 Å². The summed E-state index contributed by atoms with van der Waals surface area (Å²) >= 11 is 3.20. The van der Waals surface area contributed by atoms with E-state index in [1.54, 1.807) is 29.2 Å². The maximum absolute atomic E-state index is 13.9. The predicted octanol–water partition coefficient (Wildman–Crippen LogP) is 3.86. The minimum atomic E-state index is -1.05. The largest absolute Gasteiger partial charge is 0.383 e. The van der Waals surface area contributed by atoms with Gasteiger partial charge in [0.15, 0.2) is 0 Å². The fourth-order valence-corrected chi connectivity index (χ4v) is 2.44. The number of aliphatic hydroxyl groups excluding tert-OH is 1. The Morgan fingerprint density at radius 2 is 1.90 bits per heavy atom. The average Bonchev–Trinajstić information content (AvgIpc) is 2.97. The van der Waals surface area contributed by atoms with Crippen molar-refractivity contribution >= 4 is 15.9 Å². The van der Waals surface area contributed by atoms with Gasteiger partial charge in [-0.2, -0.15) is 5.10 Å². The van der Waals surface area contributed by atoms with Gasteiger partial charge in [-0.05, 0) is 24.3 Å². The molecule has 106 valence electrons. The first-order valence-electron chi connectivity index (χ1n) is 6.38. The lowest BCUT2D eigenvalue weighted by Crippen LogP contribution is -2.01. The van der Waals surface area contributed by atoms with Gasteiger partial charge in [0.05, 0.1) is 11.9 Å². The summed E-state index contributed by atoms with van der Waals surface area (Å²) in [6.07, 6.45) is 2.19. The van der Waals surface area contributed by atoms with E-state index >= 15 is 0 Å². The van der Waals surface area contributed by atoms with Crippen LogP contribution < -0.4 is 0 Å². The van der Waals surface area contributed by atoms with Gasteiger partial charge >= 0.3 is 0 Å². The summed E-state index contributed by atoms with van der Waals surface area (Å²) in [4.78, 5) is 0. The van der Waals surface area contributed by atoms with Gasteiger partial charge in [0.25, 0.3) is 0 Å². The molecule has 0 saturated carbocycles. The quantitative estimate of drug-likeness (QED) is 0.781. The number of aliphatic hydroxyl groups is 1. The van der Waals surface area contributed by atoms with Crippen LogP contribution in [0, 0.1) is 5.82 Å². The second kappa shape index (κ2) is 5.79. The molecule has 0 fully saturated rings. The topological polar surface area (TPSA) is 38.1 Å². The van der Waals surface area contributed by atoms with Gasteiger partial charge in [-0.25, -0.2) is 9.07 Å². The van der Waals surface area contributed by atoms with Crippen LogP contribution in [-0.4, -0.2) is 14.9 Å². The van der Waals surface area contributed by atoms with Crippen LogP contribution in [0.3, 0.4) is 0 Å². The molecule has 3 aromatic rings. The van der Waals surface area contributed by atoms with Crippen LogP contribution in [0.2, 0.25) is 0 Å². The monoisotopic (exact) mass is 346 g/mol. The van der Waals surface area contributed by atoms with E-state index in [0.29, 0.717) is 10.0 Å². The fraction of sp³-hybridized carbons (Fsp3) is 0.0625. The number of para-hydroxylation sites is 1. The first kappa shape index (κ1) is 14.0. The molecule has 1 N–H and O–H groups in total. The van der Waals surface area contributed by atoms with Gasteiger partial charge in [-0.1, -0.05) is 40.2 Å². The van der Waals surface area contributed by atoms with Crippen molar-refractivity contribution < 1.29 is 9.50 Å². The molecule has 0 aliphatic rings. The number of benzene rings is 2. The standard InChI is InChI=1S/C16H12BrFN2O/c17-12-6-7-14(15(18)8-12)16(21)11-9-19-20(10-11)13-4-2-1-3-5-13/h1-10,16,21H. The fourth-order valence-electron chi connectivity index (χ4n) is 2.10. The van der Waals surface area contributed by atoms with E-state index in [4.69, 9.17) is 0 Å². The first-order valence-corrected chi connectivity index (χ1v) is 7.17. The Morgan fingerprint density at radius 1 is 1.14 bits per heavy atom. The minimum Gasteiger partial charge on any atom is -0.383 e. The molecule has 0 saturated heterocycles. The van der Waals surface area contributed by atoms with Crippen LogP contribution in [0.1, 0.15) is 17.2 Å². The lowest BCUT2D eigenvalue weighted by molar-refractivity contribution is 0.215. The van der Waals surface area contributed by atoms with Gasteiger partial charge in [0.2, 0.25) is 0 Å². The van der Waals surface area contributed by atoms with Crippen LogP contribution in [0.25, 0.3) is 5.69 Å². The molecule has 0 aliphatic heterocycles. The molecule has 1 atom stereocenters. The van der Waals surface area contributed by atoms with Crippen molar-refractivity contribution in [3.05, 3.63) is 82.3 Å². The Kier molecular flexibility index (Phi) is 3.86. The van der Waals surface area contributed by atoms with Crippen LogP contribution in [0.5, 0.6) is 0 Å². The van der Waals surface area contributed by atoms with Crippen molar-refractivity contribution in [3.63, 3.8) is 0 Å². The Hall–Kier alpha value is -1.98. The van der Waals surface area contributed by atoms with E-state index in [2.05, 4.69) is 21.0 Å². The molecule has 2 aromatic carbocycles.